The normalized spacial score (nSPS) is 26.9. The number of likely N-dealkylation sites (tertiary alicyclic amines) is 1. The van der Waals surface area contributed by atoms with E-state index in [9.17, 15) is 4.79 Å². The summed E-state index contributed by atoms with van der Waals surface area (Å²) >= 11 is 0. The molecule has 1 rings (SSSR count). The SMILES string of the molecule is CNC1CCN(C(=O)OC(C)(C)C)C1C. The van der Waals surface area contributed by atoms with Crippen LogP contribution in [0, 0.1) is 0 Å². The van der Waals surface area contributed by atoms with Gasteiger partial charge < -0.3 is 15.0 Å². The zero-order chi connectivity index (χ0) is 11.6. The van der Waals surface area contributed by atoms with Gasteiger partial charge in [0.25, 0.3) is 0 Å². The van der Waals surface area contributed by atoms with Crippen molar-refractivity contribution in [2.24, 2.45) is 0 Å². The Balaban J connectivity index is 2.55. The molecular formula is C11H22N2O2. The zero-order valence-corrected chi connectivity index (χ0v) is 10.3. The van der Waals surface area contributed by atoms with Crippen LogP contribution in [0.15, 0.2) is 0 Å². The molecule has 1 saturated heterocycles. The van der Waals surface area contributed by atoms with Gasteiger partial charge in [-0.2, -0.15) is 0 Å². The molecule has 4 nitrogen and oxygen atoms in total. The van der Waals surface area contributed by atoms with Gasteiger partial charge in [0.15, 0.2) is 0 Å². The van der Waals surface area contributed by atoms with E-state index >= 15 is 0 Å². The Morgan fingerprint density at radius 1 is 1.47 bits per heavy atom. The van der Waals surface area contributed by atoms with Crippen molar-refractivity contribution in [1.82, 2.24) is 10.2 Å². The number of carbonyl (C=O) groups excluding carboxylic acids is 1. The maximum absolute atomic E-state index is 11.8. The highest BCUT2D eigenvalue weighted by Crippen LogP contribution is 2.20. The average molecular weight is 214 g/mol. The van der Waals surface area contributed by atoms with Gasteiger partial charge in [0.05, 0.1) is 0 Å². The second kappa shape index (κ2) is 4.39. The summed E-state index contributed by atoms with van der Waals surface area (Å²) < 4.78 is 5.34. The Morgan fingerprint density at radius 2 is 2.07 bits per heavy atom. The van der Waals surface area contributed by atoms with Crippen molar-refractivity contribution in [3.63, 3.8) is 0 Å². The standard InChI is InChI=1S/C11H22N2O2/c1-8-9(12-5)6-7-13(8)10(14)15-11(2,3)4/h8-9,12H,6-7H2,1-5H3. The smallest absolute Gasteiger partial charge is 0.410 e. The Bertz CT molecular complexity index is 235. The molecule has 2 unspecified atom stereocenters. The van der Waals surface area contributed by atoms with Crippen LogP contribution in [-0.4, -0.2) is 42.3 Å². The number of ether oxygens (including phenoxy) is 1. The lowest BCUT2D eigenvalue weighted by molar-refractivity contribution is 0.0230. The molecule has 0 spiro atoms. The number of amides is 1. The molecule has 0 bridgehead atoms. The molecule has 0 aliphatic carbocycles. The fourth-order valence-corrected chi connectivity index (χ4v) is 1.90. The predicted molar refractivity (Wildman–Crippen MR) is 59.9 cm³/mol. The van der Waals surface area contributed by atoms with Crippen LogP contribution in [0.2, 0.25) is 0 Å². The molecule has 15 heavy (non-hydrogen) atoms. The van der Waals surface area contributed by atoms with Gasteiger partial charge in [-0.3, -0.25) is 0 Å². The fraction of sp³-hybridized carbons (Fsp3) is 0.909. The average Bonchev–Trinajstić information content (AvgIpc) is 2.43. The number of hydrogen-bond donors (Lipinski definition) is 1. The van der Waals surface area contributed by atoms with Crippen LogP contribution in [-0.2, 0) is 4.74 Å². The summed E-state index contributed by atoms with van der Waals surface area (Å²) in [5, 5.41) is 3.21. The highest BCUT2D eigenvalue weighted by molar-refractivity contribution is 5.69. The second-order valence-electron chi connectivity index (χ2n) is 5.10. The third-order valence-electron chi connectivity index (χ3n) is 2.75. The third-order valence-corrected chi connectivity index (χ3v) is 2.75. The van der Waals surface area contributed by atoms with E-state index in [0.717, 1.165) is 13.0 Å². The van der Waals surface area contributed by atoms with Gasteiger partial charge in [0.2, 0.25) is 0 Å². The van der Waals surface area contributed by atoms with Gasteiger partial charge >= 0.3 is 6.09 Å². The summed E-state index contributed by atoms with van der Waals surface area (Å²) in [4.78, 5) is 13.6. The van der Waals surface area contributed by atoms with Gasteiger partial charge in [0, 0.05) is 18.6 Å². The van der Waals surface area contributed by atoms with Gasteiger partial charge in [-0.25, -0.2) is 4.79 Å². The first-order chi connectivity index (χ1) is 6.85. The highest BCUT2D eigenvalue weighted by Gasteiger charge is 2.35. The molecule has 88 valence electrons. The van der Waals surface area contributed by atoms with E-state index in [1.54, 1.807) is 4.90 Å². The Labute approximate surface area is 92.0 Å². The first kappa shape index (κ1) is 12.3. The second-order valence-corrected chi connectivity index (χ2v) is 5.10. The minimum Gasteiger partial charge on any atom is -0.444 e. The van der Waals surface area contributed by atoms with Crippen molar-refractivity contribution in [1.29, 1.82) is 0 Å². The summed E-state index contributed by atoms with van der Waals surface area (Å²) in [6.45, 7) is 8.50. The predicted octanol–water partition coefficient (Wildman–Crippen LogP) is 1.60. The lowest BCUT2D eigenvalue weighted by Crippen LogP contribution is -2.43. The van der Waals surface area contributed by atoms with Crippen molar-refractivity contribution >= 4 is 6.09 Å². The zero-order valence-electron chi connectivity index (χ0n) is 10.3. The van der Waals surface area contributed by atoms with Crippen LogP contribution in [0.4, 0.5) is 4.79 Å². The molecule has 1 aliphatic rings. The summed E-state index contributed by atoms with van der Waals surface area (Å²) in [5.41, 5.74) is -0.408. The van der Waals surface area contributed by atoms with Gasteiger partial charge in [-0.1, -0.05) is 0 Å². The lowest BCUT2D eigenvalue weighted by Gasteiger charge is -2.28. The molecule has 1 aliphatic heterocycles. The van der Waals surface area contributed by atoms with Crippen LogP contribution in [0.25, 0.3) is 0 Å². The summed E-state index contributed by atoms with van der Waals surface area (Å²) in [6, 6.07) is 0.599. The van der Waals surface area contributed by atoms with E-state index in [1.165, 1.54) is 0 Å². The first-order valence-corrected chi connectivity index (χ1v) is 5.52. The van der Waals surface area contributed by atoms with Crippen molar-refractivity contribution in [3.05, 3.63) is 0 Å². The van der Waals surface area contributed by atoms with E-state index in [2.05, 4.69) is 12.2 Å². The quantitative estimate of drug-likeness (QED) is 0.721. The number of likely N-dealkylation sites (N-methyl/N-ethyl adjacent to an activating group) is 1. The number of nitrogens with one attached hydrogen (secondary N) is 1. The molecule has 2 atom stereocenters. The number of hydrogen-bond acceptors (Lipinski definition) is 3. The molecule has 0 saturated carbocycles. The van der Waals surface area contributed by atoms with E-state index in [-0.39, 0.29) is 12.1 Å². The molecule has 0 aromatic carbocycles. The van der Waals surface area contributed by atoms with Crippen molar-refractivity contribution in [2.75, 3.05) is 13.6 Å². The minimum absolute atomic E-state index is 0.201. The monoisotopic (exact) mass is 214 g/mol. The molecular weight excluding hydrogens is 192 g/mol. The molecule has 4 heteroatoms. The Kier molecular flexibility index (Phi) is 3.60. The summed E-state index contributed by atoms with van der Waals surface area (Å²) in [7, 11) is 1.93. The number of rotatable bonds is 1. The van der Waals surface area contributed by atoms with E-state index in [1.807, 2.05) is 27.8 Å². The molecule has 1 amide bonds. The molecule has 1 heterocycles. The Morgan fingerprint density at radius 3 is 2.47 bits per heavy atom. The van der Waals surface area contributed by atoms with Crippen LogP contribution >= 0.6 is 0 Å². The van der Waals surface area contributed by atoms with Crippen molar-refractivity contribution in [3.8, 4) is 0 Å². The van der Waals surface area contributed by atoms with Crippen LogP contribution < -0.4 is 5.32 Å². The fourth-order valence-electron chi connectivity index (χ4n) is 1.90. The first-order valence-electron chi connectivity index (χ1n) is 5.52. The van der Waals surface area contributed by atoms with Crippen LogP contribution in [0.3, 0.4) is 0 Å². The van der Waals surface area contributed by atoms with Crippen LogP contribution in [0.1, 0.15) is 34.1 Å². The van der Waals surface area contributed by atoms with E-state index in [0.29, 0.717) is 6.04 Å². The maximum Gasteiger partial charge on any atom is 0.410 e. The molecule has 1 N–H and O–H groups in total. The summed E-state index contributed by atoms with van der Waals surface area (Å²) in [6.07, 6.45) is 0.796. The lowest BCUT2D eigenvalue weighted by atomic mass is 10.1. The van der Waals surface area contributed by atoms with E-state index < -0.39 is 5.60 Å². The number of nitrogens with zero attached hydrogens (tertiary/aromatic N) is 1. The molecule has 0 radical (unpaired) electrons. The van der Waals surface area contributed by atoms with Gasteiger partial charge in [0.1, 0.15) is 5.60 Å². The maximum atomic E-state index is 11.8. The number of carbonyl (C=O) groups is 1. The summed E-state index contributed by atoms with van der Waals surface area (Å²) in [5.74, 6) is 0. The van der Waals surface area contributed by atoms with Crippen molar-refractivity contribution in [2.45, 2.75) is 51.8 Å². The minimum atomic E-state index is -0.408. The highest BCUT2D eigenvalue weighted by atomic mass is 16.6. The van der Waals surface area contributed by atoms with Crippen LogP contribution in [0.5, 0.6) is 0 Å². The topological polar surface area (TPSA) is 41.6 Å². The third kappa shape index (κ3) is 3.09. The van der Waals surface area contributed by atoms with E-state index in [4.69, 9.17) is 4.74 Å². The molecule has 0 aromatic heterocycles. The Hall–Kier alpha value is -0.770. The molecule has 0 aromatic rings. The van der Waals surface area contributed by atoms with Gasteiger partial charge in [-0.15, -0.1) is 0 Å². The van der Waals surface area contributed by atoms with Gasteiger partial charge in [-0.05, 0) is 41.2 Å². The molecule has 1 fully saturated rings. The van der Waals surface area contributed by atoms with Crippen molar-refractivity contribution < 1.29 is 9.53 Å². The largest absolute Gasteiger partial charge is 0.444 e.